The highest BCUT2D eigenvalue weighted by atomic mass is 16.5. The van der Waals surface area contributed by atoms with Crippen LogP contribution in [0.4, 0.5) is 32.3 Å². The highest BCUT2D eigenvalue weighted by Gasteiger charge is 2.09. The molecule has 0 atom stereocenters. The lowest BCUT2D eigenvalue weighted by Gasteiger charge is -2.13. The highest BCUT2D eigenvalue weighted by molar-refractivity contribution is 6.02. The summed E-state index contributed by atoms with van der Waals surface area (Å²) in [5, 5.41) is 11.0. The molecule has 0 aliphatic carbocycles. The molecule has 4 N–H and O–H groups in total. The SMILES string of the molecule is COc1cccc(NC(=O)Nc2ccc(C)c(NC(=O)Nc3cccc(OC)c3)c2)c1. The normalized spacial score (nSPS) is 10.0. The lowest BCUT2D eigenvalue weighted by molar-refractivity contribution is 0.261. The molecule has 31 heavy (non-hydrogen) atoms. The van der Waals surface area contributed by atoms with Gasteiger partial charge in [0.25, 0.3) is 0 Å². The highest BCUT2D eigenvalue weighted by Crippen LogP contribution is 2.22. The van der Waals surface area contributed by atoms with Gasteiger partial charge in [-0.1, -0.05) is 18.2 Å². The van der Waals surface area contributed by atoms with E-state index in [4.69, 9.17) is 9.47 Å². The van der Waals surface area contributed by atoms with Crippen LogP contribution < -0.4 is 30.7 Å². The van der Waals surface area contributed by atoms with Crippen molar-refractivity contribution in [3.8, 4) is 11.5 Å². The van der Waals surface area contributed by atoms with Gasteiger partial charge in [-0.2, -0.15) is 0 Å². The molecule has 0 aromatic heterocycles. The monoisotopic (exact) mass is 420 g/mol. The molecule has 0 fully saturated rings. The topological polar surface area (TPSA) is 101 Å². The summed E-state index contributed by atoms with van der Waals surface area (Å²) in [5.41, 5.74) is 3.14. The average molecular weight is 420 g/mol. The number of rotatable bonds is 6. The van der Waals surface area contributed by atoms with Crippen molar-refractivity contribution in [2.24, 2.45) is 0 Å². The zero-order valence-corrected chi connectivity index (χ0v) is 17.5. The summed E-state index contributed by atoms with van der Waals surface area (Å²) in [6.07, 6.45) is 0. The summed E-state index contributed by atoms with van der Waals surface area (Å²) in [6, 6.07) is 18.5. The Morgan fingerprint density at radius 3 is 1.65 bits per heavy atom. The lowest BCUT2D eigenvalue weighted by Crippen LogP contribution is -2.21. The van der Waals surface area contributed by atoms with Crippen LogP contribution in [0.25, 0.3) is 0 Å². The number of amides is 4. The molecule has 3 aromatic carbocycles. The van der Waals surface area contributed by atoms with Gasteiger partial charge in [0.2, 0.25) is 0 Å². The minimum absolute atomic E-state index is 0.408. The standard InChI is InChI=1S/C23H24N4O4/c1-15-10-11-18(26-22(28)24-16-6-4-8-19(12-16)30-2)14-21(15)27-23(29)25-17-7-5-9-20(13-17)31-3/h4-14H,1-3H3,(H2,24,26,28)(H2,25,27,29). The molecule has 0 aliphatic heterocycles. The number of carbonyl (C=O) groups excluding carboxylic acids is 2. The Hall–Kier alpha value is -4.20. The van der Waals surface area contributed by atoms with Crippen LogP contribution >= 0.6 is 0 Å². The van der Waals surface area contributed by atoms with Crippen molar-refractivity contribution in [2.75, 3.05) is 35.5 Å². The Morgan fingerprint density at radius 1 is 0.645 bits per heavy atom. The maximum Gasteiger partial charge on any atom is 0.323 e. The van der Waals surface area contributed by atoms with Crippen LogP contribution in [0.2, 0.25) is 0 Å². The van der Waals surface area contributed by atoms with Gasteiger partial charge < -0.3 is 30.7 Å². The van der Waals surface area contributed by atoms with Gasteiger partial charge in [0, 0.05) is 34.9 Å². The molecule has 160 valence electrons. The zero-order chi connectivity index (χ0) is 22.2. The number of hydrogen-bond donors (Lipinski definition) is 4. The fourth-order valence-electron chi connectivity index (χ4n) is 2.81. The molecule has 3 aromatic rings. The number of methoxy groups -OCH3 is 2. The fraction of sp³-hybridized carbons (Fsp3) is 0.130. The van der Waals surface area contributed by atoms with Crippen LogP contribution in [0, 0.1) is 6.92 Å². The van der Waals surface area contributed by atoms with Gasteiger partial charge in [0.15, 0.2) is 0 Å². The van der Waals surface area contributed by atoms with Gasteiger partial charge in [0.05, 0.1) is 14.2 Å². The minimum atomic E-state index is -0.413. The number of ether oxygens (including phenoxy) is 2. The number of nitrogens with one attached hydrogen (secondary N) is 4. The molecule has 0 heterocycles. The van der Waals surface area contributed by atoms with Crippen molar-refractivity contribution in [2.45, 2.75) is 6.92 Å². The first-order chi connectivity index (χ1) is 15.0. The van der Waals surface area contributed by atoms with E-state index in [0.29, 0.717) is 34.2 Å². The molecule has 0 saturated heterocycles. The fourth-order valence-corrected chi connectivity index (χ4v) is 2.81. The third kappa shape index (κ3) is 6.14. The Bertz CT molecular complexity index is 1080. The predicted molar refractivity (Wildman–Crippen MR) is 122 cm³/mol. The first-order valence-electron chi connectivity index (χ1n) is 9.51. The molecule has 8 nitrogen and oxygen atoms in total. The third-order valence-corrected chi connectivity index (χ3v) is 4.40. The number of aryl methyl sites for hydroxylation is 1. The van der Waals surface area contributed by atoms with E-state index in [9.17, 15) is 9.59 Å². The molecule has 0 unspecified atom stereocenters. The van der Waals surface area contributed by atoms with Gasteiger partial charge in [-0.25, -0.2) is 9.59 Å². The van der Waals surface area contributed by atoms with Crippen molar-refractivity contribution < 1.29 is 19.1 Å². The summed E-state index contributed by atoms with van der Waals surface area (Å²) < 4.78 is 10.3. The molecular weight excluding hydrogens is 396 g/mol. The number of carbonyl (C=O) groups is 2. The zero-order valence-electron chi connectivity index (χ0n) is 17.5. The number of urea groups is 2. The summed E-state index contributed by atoms with van der Waals surface area (Å²) in [4.78, 5) is 24.7. The van der Waals surface area contributed by atoms with Gasteiger partial charge in [0.1, 0.15) is 11.5 Å². The molecule has 8 heteroatoms. The van der Waals surface area contributed by atoms with E-state index >= 15 is 0 Å². The quantitative estimate of drug-likeness (QED) is 0.435. The molecule has 0 radical (unpaired) electrons. The van der Waals surface area contributed by atoms with Crippen LogP contribution in [0.15, 0.2) is 66.7 Å². The molecule has 4 amide bonds. The summed E-state index contributed by atoms with van der Waals surface area (Å²) in [6.45, 7) is 1.86. The Kier molecular flexibility index (Phi) is 6.95. The number of hydrogen-bond acceptors (Lipinski definition) is 4. The van der Waals surface area contributed by atoms with Crippen LogP contribution in [0.5, 0.6) is 11.5 Å². The largest absolute Gasteiger partial charge is 0.497 e. The minimum Gasteiger partial charge on any atom is -0.497 e. The summed E-state index contributed by atoms with van der Waals surface area (Å²) >= 11 is 0. The van der Waals surface area contributed by atoms with E-state index < -0.39 is 12.1 Å². The van der Waals surface area contributed by atoms with Crippen molar-refractivity contribution >= 4 is 34.8 Å². The van der Waals surface area contributed by atoms with Gasteiger partial charge in [-0.05, 0) is 48.9 Å². The Labute approximate surface area is 180 Å². The number of benzene rings is 3. The van der Waals surface area contributed by atoms with Gasteiger partial charge in [-0.15, -0.1) is 0 Å². The van der Waals surface area contributed by atoms with Crippen LogP contribution in [-0.2, 0) is 0 Å². The Balaban J connectivity index is 1.63. The second-order valence-electron chi connectivity index (χ2n) is 6.65. The van der Waals surface area contributed by atoms with E-state index in [-0.39, 0.29) is 0 Å². The first-order valence-corrected chi connectivity index (χ1v) is 9.51. The van der Waals surface area contributed by atoms with Gasteiger partial charge >= 0.3 is 12.1 Å². The van der Waals surface area contributed by atoms with E-state index in [0.717, 1.165) is 5.56 Å². The van der Waals surface area contributed by atoms with Crippen LogP contribution in [0.1, 0.15) is 5.56 Å². The molecule has 3 rings (SSSR count). The lowest BCUT2D eigenvalue weighted by atomic mass is 10.2. The second-order valence-corrected chi connectivity index (χ2v) is 6.65. The maximum atomic E-state index is 12.4. The second kappa shape index (κ2) is 10.0. The molecule has 0 spiro atoms. The van der Waals surface area contributed by atoms with E-state index in [1.165, 1.54) is 0 Å². The smallest absolute Gasteiger partial charge is 0.323 e. The van der Waals surface area contributed by atoms with Crippen LogP contribution in [-0.4, -0.2) is 26.3 Å². The van der Waals surface area contributed by atoms with E-state index in [1.54, 1.807) is 74.9 Å². The molecule has 0 bridgehead atoms. The Morgan fingerprint density at radius 2 is 1.13 bits per heavy atom. The van der Waals surface area contributed by atoms with Crippen LogP contribution in [0.3, 0.4) is 0 Å². The first kappa shape index (κ1) is 21.5. The number of anilines is 4. The van der Waals surface area contributed by atoms with Crippen molar-refractivity contribution in [3.63, 3.8) is 0 Å². The summed E-state index contributed by atoms with van der Waals surface area (Å²) in [7, 11) is 3.12. The predicted octanol–water partition coefficient (Wildman–Crippen LogP) is 5.30. The maximum absolute atomic E-state index is 12.4. The van der Waals surface area contributed by atoms with Crippen molar-refractivity contribution in [1.82, 2.24) is 0 Å². The molecule has 0 saturated carbocycles. The van der Waals surface area contributed by atoms with E-state index in [1.807, 2.05) is 13.0 Å². The average Bonchev–Trinajstić information content (AvgIpc) is 2.76. The molecule has 0 aliphatic rings. The third-order valence-electron chi connectivity index (χ3n) is 4.40. The van der Waals surface area contributed by atoms with Gasteiger partial charge in [-0.3, -0.25) is 0 Å². The van der Waals surface area contributed by atoms with Crippen molar-refractivity contribution in [1.29, 1.82) is 0 Å². The van der Waals surface area contributed by atoms with Crippen molar-refractivity contribution in [3.05, 3.63) is 72.3 Å². The summed E-state index contributed by atoms with van der Waals surface area (Å²) in [5.74, 6) is 1.28. The van der Waals surface area contributed by atoms with E-state index in [2.05, 4.69) is 21.3 Å². The molecular formula is C23H24N4O4.